The highest BCUT2D eigenvalue weighted by molar-refractivity contribution is 5.85. The molecule has 0 saturated carbocycles. The van der Waals surface area contributed by atoms with Crippen LogP contribution in [-0.4, -0.2) is 34.1 Å². The molecule has 0 N–H and O–H groups in total. The molecule has 5 heteroatoms. The molecule has 21 heavy (non-hydrogen) atoms. The van der Waals surface area contributed by atoms with Crippen molar-refractivity contribution >= 4 is 23.4 Å². The Balaban J connectivity index is 0.00000220. The van der Waals surface area contributed by atoms with Gasteiger partial charge < -0.3 is 4.90 Å². The Bertz CT molecular complexity index is 662. The predicted molar refractivity (Wildman–Crippen MR) is 90.5 cm³/mol. The number of halogens is 1. The molecule has 0 spiro atoms. The van der Waals surface area contributed by atoms with Crippen molar-refractivity contribution in [2.45, 2.75) is 34.2 Å². The summed E-state index contributed by atoms with van der Waals surface area (Å²) in [6.07, 6.45) is 0. The van der Waals surface area contributed by atoms with Gasteiger partial charge in [0.05, 0.1) is 0 Å². The fourth-order valence-electron chi connectivity index (χ4n) is 2.59. The Kier molecular flexibility index (Phi) is 6.37. The standard InChI is InChI=1S/C16H23N3O.ClH/c1-5-18(6-2)9-10-19-15(20)8-7-14-12(3)11-13(4)17-16(14)19;/h7-8,11H,5-6,9-10H2,1-4H3;1H. The van der Waals surface area contributed by atoms with E-state index in [1.54, 1.807) is 10.6 Å². The molecule has 2 rings (SSSR count). The van der Waals surface area contributed by atoms with Gasteiger partial charge in [-0.15, -0.1) is 12.4 Å². The molecule has 0 bridgehead atoms. The summed E-state index contributed by atoms with van der Waals surface area (Å²) in [6.45, 7) is 11.9. The number of nitrogens with zero attached hydrogens (tertiary/aromatic N) is 3. The first kappa shape index (κ1) is 17.7. The number of aromatic nitrogens is 2. The maximum Gasteiger partial charge on any atom is 0.252 e. The van der Waals surface area contributed by atoms with E-state index in [1.165, 1.54) is 5.56 Å². The number of hydrogen-bond donors (Lipinski definition) is 0. The van der Waals surface area contributed by atoms with Gasteiger partial charge in [0.2, 0.25) is 0 Å². The second kappa shape index (κ2) is 7.57. The van der Waals surface area contributed by atoms with Gasteiger partial charge in [0.25, 0.3) is 5.56 Å². The molecule has 0 atom stereocenters. The summed E-state index contributed by atoms with van der Waals surface area (Å²) in [5, 5.41) is 1.06. The maximum absolute atomic E-state index is 12.1. The van der Waals surface area contributed by atoms with E-state index >= 15 is 0 Å². The Morgan fingerprint density at radius 2 is 1.86 bits per heavy atom. The molecule has 0 aliphatic heterocycles. The summed E-state index contributed by atoms with van der Waals surface area (Å²) >= 11 is 0. The van der Waals surface area contributed by atoms with Crippen molar-refractivity contribution in [2.24, 2.45) is 0 Å². The normalized spacial score (nSPS) is 10.9. The lowest BCUT2D eigenvalue weighted by atomic mass is 10.1. The zero-order valence-electron chi connectivity index (χ0n) is 13.2. The quantitative estimate of drug-likeness (QED) is 0.852. The van der Waals surface area contributed by atoms with Crippen molar-refractivity contribution in [3.05, 3.63) is 39.8 Å². The highest BCUT2D eigenvalue weighted by Crippen LogP contribution is 2.15. The van der Waals surface area contributed by atoms with Gasteiger partial charge >= 0.3 is 0 Å². The molecule has 0 unspecified atom stereocenters. The topological polar surface area (TPSA) is 38.1 Å². The lowest BCUT2D eigenvalue weighted by Crippen LogP contribution is -2.31. The van der Waals surface area contributed by atoms with Crippen LogP contribution in [0.25, 0.3) is 11.0 Å². The monoisotopic (exact) mass is 309 g/mol. The third kappa shape index (κ3) is 3.83. The molecule has 0 fully saturated rings. The molecule has 0 aliphatic carbocycles. The largest absolute Gasteiger partial charge is 0.302 e. The summed E-state index contributed by atoms with van der Waals surface area (Å²) in [7, 11) is 0. The van der Waals surface area contributed by atoms with Gasteiger partial charge in [-0.25, -0.2) is 4.98 Å². The number of rotatable bonds is 5. The van der Waals surface area contributed by atoms with Crippen LogP contribution < -0.4 is 5.56 Å². The molecular weight excluding hydrogens is 286 g/mol. The van der Waals surface area contributed by atoms with Crippen LogP contribution in [0.3, 0.4) is 0 Å². The van der Waals surface area contributed by atoms with Crippen LogP contribution in [0, 0.1) is 13.8 Å². The van der Waals surface area contributed by atoms with Crippen LogP contribution >= 0.6 is 12.4 Å². The van der Waals surface area contributed by atoms with Crippen LogP contribution in [-0.2, 0) is 6.54 Å². The summed E-state index contributed by atoms with van der Waals surface area (Å²) in [5.41, 5.74) is 2.96. The van der Waals surface area contributed by atoms with Gasteiger partial charge in [-0.05, 0) is 44.6 Å². The lowest BCUT2D eigenvalue weighted by Gasteiger charge is -2.19. The number of likely N-dealkylation sites (N-methyl/N-ethyl adjacent to an activating group) is 1. The molecule has 0 amide bonds. The molecule has 0 radical (unpaired) electrons. The molecule has 4 nitrogen and oxygen atoms in total. The fraction of sp³-hybridized carbons (Fsp3) is 0.500. The number of hydrogen-bond acceptors (Lipinski definition) is 3. The number of fused-ring (bicyclic) bond motifs is 1. The summed E-state index contributed by atoms with van der Waals surface area (Å²) < 4.78 is 1.80. The van der Waals surface area contributed by atoms with Crippen molar-refractivity contribution in [2.75, 3.05) is 19.6 Å². The summed E-state index contributed by atoms with van der Waals surface area (Å²) in [6, 6.07) is 5.59. The molecule has 2 aromatic heterocycles. The smallest absolute Gasteiger partial charge is 0.252 e. The second-order valence-electron chi connectivity index (χ2n) is 5.17. The zero-order valence-corrected chi connectivity index (χ0v) is 14.0. The third-order valence-electron chi connectivity index (χ3n) is 3.82. The van der Waals surface area contributed by atoms with E-state index in [2.05, 4.69) is 36.7 Å². The Labute approximate surface area is 132 Å². The third-order valence-corrected chi connectivity index (χ3v) is 3.82. The first-order chi connectivity index (χ1) is 9.56. The van der Waals surface area contributed by atoms with E-state index in [0.29, 0.717) is 6.54 Å². The summed E-state index contributed by atoms with van der Waals surface area (Å²) in [5.74, 6) is 0. The zero-order chi connectivity index (χ0) is 14.7. The molecule has 0 aliphatic rings. The molecule has 0 saturated heterocycles. The summed E-state index contributed by atoms with van der Waals surface area (Å²) in [4.78, 5) is 19.0. The van der Waals surface area contributed by atoms with E-state index in [1.807, 2.05) is 13.0 Å². The highest BCUT2D eigenvalue weighted by atomic mass is 35.5. The van der Waals surface area contributed by atoms with Gasteiger partial charge in [0.1, 0.15) is 5.65 Å². The van der Waals surface area contributed by atoms with Crippen LogP contribution in [0.1, 0.15) is 25.1 Å². The van der Waals surface area contributed by atoms with Crippen LogP contribution in [0.15, 0.2) is 23.0 Å². The minimum absolute atomic E-state index is 0. The van der Waals surface area contributed by atoms with Gasteiger partial charge in [-0.1, -0.05) is 13.8 Å². The second-order valence-corrected chi connectivity index (χ2v) is 5.17. The SMILES string of the molecule is CCN(CC)CCn1c(=O)ccc2c(C)cc(C)nc21.Cl. The van der Waals surface area contributed by atoms with Gasteiger partial charge in [0, 0.05) is 30.2 Å². The molecular formula is C16H24ClN3O. The highest BCUT2D eigenvalue weighted by Gasteiger charge is 2.08. The van der Waals surface area contributed by atoms with Crippen molar-refractivity contribution in [3.63, 3.8) is 0 Å². The lowest BCUT2D eigenvalue weighted by molar-refractivity contribution is 0.290. The minimum Gasteiger partial charge on any atom is -0.302 e. The van der Waals surface area contributed by atoms with Crippen LogP contribution in [0.4, 0.5) is 0 Å². The van der Waals surface area contributed by atoms with Crippen molar-refractivity contribution in [1.82, 2.24) is 14.5 Å². The molecule has 0 aromatic carbocycles. The van der Waals surface area contributed by atoms with E-state index in [4.69, 9.17) is 0 Å². The molecule has 116 valence electrons. The van der Waals surface area contributed by atoms with E-state index in [0.717, 1.165) is 36.4 Å². The first-order valence-electron chi connectivity index (χ1n) is 7.27. The molecule has 2 heterocycles. The van der Waals surface area contributed by atoms with Crippen LogP contribution in [0.5, 0.6) is 0 Å². The predicted octanol–water partition coefficient (Wildman–Crippen LogP) is 2.78. The fourth-order valence-corrected chi connectivity index (χ4v) is 2.59. The van der Waals surface area contributed by atoms with Crippen molar-refractivity contribution in [1.29, 1.82) is 0 Å². The van der Waals surface area contributed by atoms with E-state index in [-0.39, 0.29) is 18.0 Å². The average molecular weight is 310 g/mol. The van der Waals surface area contributed by atoms with E-state index in [9.17, 15) is 4.79 Å². The Morgan fingerprint density at radius 1 is 1.19 bits per heavy atom. The number of pyridine rings is 2. The van der Waals surface area contributed by atoms with Gasteiger partial charge in [-0.3, -0.25) is 9.36 Å². The van der Waals surface area contributed by atoms with Crippen molar-refractivity contribution < 1.29 is 0 Å². The first-order valence-corrected chi connectivity index (χ1v) is 7.27. The Hall–Kier alpha value is -1.39. The number of aryl methyl sites for hydroxylation is 2. The van der Waals surface area contributed by atoms with E-state index < -0.39 is 0 Å². The maximum atomic E-state index is 12.1. The van der Waals surface area contributed by atoms with Gasteiger partial charge in [0.15, 0.2) is 0 Å². The Morgan fingerprint density at radius 3 is 2.48 bits per heavy atom. The van der Waals surface area contributed by atoms with Crippen molar-refractivity contribution in [3.8, 4) is 0 Å². The molecule has 2 aromatic rings. The average Bonchev–Trinajstić information content (AvgIpc) is 2.41. The minimum atomic E-state index is 0. The van der Waals surface area contributed by atoms with Crippen LogP contribution in [0.2, 0.25) is 0 Å². The van der Waals surface area contributed by atoms with Gasteiger partial charge in [-0.2, -0.15) is 0 Å².